The van der Waals surface area contributed by atoms with Crippen molar-refractivity contribution in [2.75, 3.05) is 18.4 Å². The van der Waals surface area contributed by atoms with Crippen LogP contribution in [-0.2, 0) is 11.8 Å². The Kier molecular flexibility index (Phi) is 7.24. The molecule has 0 unspecified atom stereocenters. The van der Waals surface area contributed by atoms with E-state index in [4.69, 9.17) is 46.4 Å². The summed E-state index contributed by atoms with van der Waals surface area (Å²) in [4.78, 5) is 26.6. The monoisotopic (exact) mass is 435 g/mol. The van der Waals surface area contributed by atoms with Gasteiger partial charge in [-0.15, -0.1) is 0 Å². The van der Waals surface area contributed by atoms with Crippen LogP contribution in [0.5, 0.6) is 0 Å². The van der Waals surface area contributed by atoms with E-state index in [9.17, 15) is 9.59 Å². The predicted molar refractivity (Wildman–Crippen MR) is 107 cm³/mol. The molecule has 2 aromatic rings. The van der Waals surface area contributed by atoms with E-state index >= 15 is 0 Å². The first-order valence-electron chi connectivity index (χ1n) is 7.79. The SMILES string of the molecule is CCCN(CC(=O)Nc1ccc(Cl)cc1Cl)C(=O)c1cc(Cl)c(Cl)n1C. The molecule has 2 amide bonds. The van der Waals surface area contributed by atoms with E-state index in [-0.39, 0.29) is 28.5 Å². The summed E-state index contributed by atoms with van der Waals surface area (Å²) in [6.45, 7) is 2.19. The summed E-state index contributed by atoms with van der Waals surface area (Å²) in [6.07, 6.45) is 0.687. The predicted octanol–water partition coefficient (Wildman–Crippen LogP) is 5.13. The number of hydrogen-bond acceptors (Lipinski definition) is 2. The molecule has 0 saturated carbocycles. The summed E-state index contributed by atoms with van der Waals surface area (Å²) in [5.74, 6) is -0.706. The number of nitrogens with one attached hydrogen (secondary N) is 1. The quantitative estimate of drug-likeness (QED) is 0.682. The van der Waals surface area contributed by atoms with E-state index in [1.807, 2.05) is 6.92 Å². The van der Waals surface area contributed by atoms with Crippen molar-refractivity contribution in [1.82, 2.24) is 9.47 Å². The zero-order chi connectivity index (χ0) is 19.4. The van der Waals surface area contributed by atoms with Crippen molar-refractivity contribution < 1.29 is 9.59 Å². The molecule has 1 N–H and O–H groups in total. The van der Waals surface area contributed by atoms with Crippen LogP contribution >= 0.6 is 46.4 Å². The lowest BCUT2D eigenvalue weighted by molar-refractivity contribution is -0.116. The first kappa shape index (κ1) is 20.9. The van der Waals surface area contributed by atoms with Crippen molar-refractivity contribution in [3.63, 3.8) is 0 Å². The second kappa shape index (κ2) is 9.00. The average molecular weight is 437 g/mol. The summed E-state index contributed by atoms with van der Waals surface area (Å²) in [7, 11) is 1.64. The number of benzene rings is 1. The van der Waals surface area contributed by atoms with Crippen molar-refractivity contribution in [1.29, 1.82) is 0 Å². The maximum atomic E-state index is 12.8. The zero-order valence-corrected chi connectivity index (χ0v) is 17.2. The molecule has 5 nitrogen and oxygen atoms in total. The fourth-order valence-electron chi connectivity index (χ4n) is 2.39. The molecule has 1 aromatic heterocycles. The first-order valence-corrected chi connectivity index (χ1v) is 9.30. The minimum absolute atomic E-state index is 0.133. The molecule has 0 aliphatic rings. The van der Waals surface area contributed by atoms with Gasteiger partial charge in [-0.25, -0.2) is 0 Å². The van der Waals surface area contributed by atoms with Gasteiger partial charge in [-0.1, -0.05) is 53.3 Å². The van der Waals surface area contributed by atoms with Gasteiger partial charge in [-0.05, 0) is 30.7 Å². The number of anilines is 1. The molecule has 0 aliphatic heterocycles. The van der Waals surface area contributed by atoms with Crippen LogP contribution in [0, 0.1) is 0 Å². The van der Waals surface area contributed by atoms with Crippen LogP contribution in [0.4, 0.5) is 5.69 Å². The standard InChI is InChI=1S/C17H17Cl4N3O2/c1-3-6-24(17(26)14-8-12(20)16(21)23(14)2)9-15(25)22-13-5-4-10(18)7-11(13)19/h4-5,7-8H,3,6,9H2,1-2H3,(H,22,25). The van der Waals surface area contributed by atoms with Gasteiger partial charge in [0.25, 0.3) is 5.91 Å². The fraction of sp³-hybridized carbons (Fsp3) is 0.294. The van der Waals surface area contributed by atoms with Crippen molar-refractivity contribution in [2.45, 2.75) is 13.3 Å². The van der Waals surface area contributed by atoms with E-state index in [1.54, 1.807) is 19.2 Å². The van der Waals surface area contributed by atoms with E-state index in [1.165, 1.54) is 21.6 Å². The van der Waals surface area contributed by atoms with Gasteiger partial charge in [0.2, 0.25) is 5.91 Å². The summed E-state index contributed by atoms with van der Waals surface area (Å²) < 4.78 is 1.49. The van der Waals surface area contributed by atoms with Gasteiger partial charge < -0.3 is 14.8 Å². The number of halogens is 4. The van der Waals surface area contributed by atoms with Crippen LogP contribution in [0.1, 0.15) is 23.8 Å². The van der Waals surface area contributed by atoms with Gasteiger partial charge in [-0.3, -0.25) is 9.59 Å². The third kappa shape index (κ3) is 4.86. The maximum absolute atomic E-state index is 12.8. The smallest absolute Gasteiger partial charge is 0.271 e. The van der Waals surface area contributed by atoms with Crippen molar-refractivity contribution in [2.24, 2.45) is 7.05 Å². The van der Waals surface area contributed by atoms with E-state index in [2.05, 4.69) is 5.32 Å². The molecule has 0 saturated heterocycles. The average Bonchev–Trinajstić information content (AvgIpc) is 2.84. The van der Waals surface area contributed by atoms with Crippen molar-refractivity contribution in [3.8, 4) is 0 Å². The lowest BCUT2D eigenvalue weighted by Gasteiger charge is -2.22. The molecule has 0 fully saturated rings. The maximum Gasteiger partial charge on any atom is 0.271 e. The van der Waals surface area contributed by atoms with Crippen molar-refractivity contribution >= 4 is 63.9 Å². The van der Waals surface area contributed by atoms with Gasteiger partial charge in [0.05, 0.1) is 15.7 Å². The molecule has 1 heterocycles. The summed E-state index contributed by atoms with van der Waals surface area (Å²) in [6, 6.07) is 6.24. The van der Waals surface area contributed by atoms with Crippen LogP contribution in [0.2, 0.25) is 20.2 Å². The second-order valence-electron chi connectivity index (χ2n) is 5.63. The van der Waals surface area contributed by atoms with Crippen molar-refractivity contribution in [3.05, 3.63) is 50.2 Å². The summed E-state index contributed by atoms with van der Waals surface area (Å²) in [5.41, 5.74) is 0.737. The summed E-state index contributed by atoms with van der Waals surface area (Å²) >= 11 is 23.9. The highest BCUT2D eigenvalue weighted by Crippen LogP contribution is 2.27. The molecule has 0 radical (unpaired) electrons. The Hall–Kier alpha value is -1.40. The molecule has 0 aliphatic carbocycles. The fourth-order valence-corrected chi connectivity index (χ4v) is 3.22. The van der Waals surface area contributed by atoms with E-state index in [0.717, 1.165) is 0 Å². The normalized spacial score (nSPS) is 10.7. The Morgan fingerprint density at radius 1 is 1.12 bits per heavy atom. The number of carbonyl (C=O) groups excluding carboxylic acids is 2. The van der Waals surface area contributed by atoms with Crippen LogP contribution in [0.25, 0.3) is 0 Å². The first-order chi connectivity index (χ1) is 12.2. The number of amides is 2. The molecule has 26 heavy (non-hydrogen) atoms. The van der Waals surface area contributed by atoms with Gasteiger partial charge in [0, 0.05) is 18.6 Å². The zero-order valence-electron chi connectivity index (χ0n) is 14.2. The molecule has 0 atom stereocenters. The molecule has 140 valence electrons. The van der Waals surface area contributed by atoms with Crippen LogP contribution < -0.4 is 5.32 Å². The highest BCUT2D eigenvalue weighted by molar-refractivity contribution is 6.42. The number of carbonyl (C=O) groups is 2. The third-order valence-corrected chi connectivity index (χ3v) is 5.05. The number of nitrogens with zero attached hydrogens (tertiary/aromatic N) is 2. The van der Waals surface area contributed by atoms with Gasteiger partial charge in [0.15, 0.2) is 0 Å². The molecular weight excluding hydrogens is 420 g/mol. The van der Waals surface area contributed by atoms with Gasteiger partial charge in [0.1, 0.15) is 17.4 Å². The number of hydrogen-bond donors (Lipinski definition) is 1. The highest BCUT2D eigenvalue weighted by atomic mass is 35.5. The molecule has 1 aromatic carbocycles. The Morgan fingerprint density at radius 2 is 1.81 bits per heavy atom. The Balaban J connectivity index is 2.15. The Morgan fingerprint density at radius 3 is 2.35 bits per heavy atom. The molecule has 9 heteroatoms. The Bertz CT molecular complexity index is 836. The molecule has 2 rings (SSSR count). The van der Waals surface area contributed by atoms with Gasteiger partial charge >= 0.3 is 0 Å². The number of aromatic nitrogens is 1. The number of rotatable bonds is 6. The second-order valence-corrected chi connectivity index (χ2v) is 7.24. The van der Waals surface area contributed by atoms with Crippen LogP contribution in [0.15, 0.2) is 24.3 Å². The third-order valence-electron chi connectivity index (χ3n) is 3.66. The molecule has 0 bridgehead atoms. The van der Waals surface area contributed by atoms with E-state index < -0.39 is 0 Å². The highest BCUT2D eigenvalue weighted by Gasteiger charge is 2.23. The minimum Gasteiger partial charge on any atom is -0.329 e. The summed E-state index contributed by atoms with van der Waals surface area (Å²) in [5, 5.41) is 4.02. The van der Waals surface area contributed by atoms with Crippen LogP contribution in [0.3, 0.4) is 0 Å². The van der Waals surface area contributed by atoms with Crippen LogP contribution in [-0.4, -0.2) is 34.4 Å². The largest absolute Gasteiger partial charge is 0.329 e. The lowest BCUT2D eigenvalue weighted by Crippen LogP contribution is -2.39. The topological polar surface area (TPSA) is 54.3 Å². The lowest BCUT2D eigenvalue weighted by atomic mass is 10.3. The Labute approximate surface area is 171 Å². The van der Waals surface area contributed by atoms with Gasteiger partial charge in [-0.2, -0.15) is 0 Å². The van der Waals surface area contributed by atoms with E-state index in [0.29, 0.717) is 34.4 Å². The molecule has 0 spiro atoms. The molecular formula is C17H17Cl4N3O2. The minimum atomic E-state index is -0.373.